The van der Waals surface area contributed by atoms with Crippen LogP contribution in [0.4, 0.5) is 0 Å². The van der Waals surface area contributed by atoms with Crippen molar-refractivity contribution in [1.82, 2.24) is 10.6 Å². The van der Waals surface area contributed by atoms with Crippen molar-refractivity contribution in [3.63, 3.8) is 0 Å². The van der Waals surface area contributed by atoms with Gasteiger partial charge < -0.3 is 10.6 Å². The molecule has 2 aromatic carbocycles. The fourth-order valence-electron chi connectivity index (χ4n) is 2.12. The van der Waals surface area contributed by atoms with Crippen LogP contribution in [0.1, 0.15) is 24.1 Å². The van der Waals surface area contributed by atoms with Gasteiger partial charge >= 0.3 is 0 Å². The number of rotatable bonds is 7. The van der Waals surface area contributed by atoms with Crippen LogP contribution < -0.4 is 10.6 Å². The van der Waals surface area contributed by atoms with E-state index < -0.39 is 0 Å². The lowest BCUT2D eigenvalue weighted by molar-refractivity contribution is 0.495. The normalized spacial score (nSPS) is 11.1. The molecule has 2 N–H and O–H groups in total. The quantitative estimate of drug-likeness (QED) is 0.804. The van der Waals surface area contributed by atoms with Crippen molar-refractivity contribution >= 4 is 24.8 Å². The first kappa shape index (κ1) is 19.9. The number of likely N-dealkylation sites (N-methyl/N-ethyl adjacent to an activating group) is 1. The summed E-state index contributed by atoms with van der Waals surface area (Å²) in [6.45, 7) is 4.98. The summed E-state index contributed by atoms with van der Waals surface area (Å²) in [5, 5.41) is 7.05. The van der Waals surface area contributed by atoms with Gasteiger partial charge in [-0.15, -0.1) is 24.8 Å². The minimum atomic E-state index is 0. The predicted octanol–water partition coefficient (Wildman–Crippen LogP) is 3.97. The zero-order valence-electron chi connectivity index (χ0n) is 12.3. The minimum absolute atomic E-state index is 0. The lowest BCUT2D eigenvalue weighted by Gasteiger charge is -2.19. The molecule has 0 amide bonds. The summed E-state index contributed by atoms with van der Waals surface area (Å²) in [5.74, 6) is 0. The molecule has 0 heterocycles. The summed E-state index contributed by atoms with van der Waals surface area (Å²) in [4.78, 5) is 0. The molecule has 0 aliphatic heterocycles. The molecule has 0 bridgehead atoms. The van der Waals surface area contributed by atoms with E-state index in [1.165, 1.54) is 11.1 Å². The average Bonchev–Trinajstić information content (AvgIpc) is 2.49. The molecule has 0 aromatic heterocycles. The Labute approximate surface area is 140 Å². The molecule has 0 radical (unpaired) electrons. The minimum Gasteiger partial charge on any atom is -0.315 e. The van der Waals surface area contributed by atoms with Crippen LogP contribution in [0.5, 0.6) is 0 Å². The molecule has 2 aromatic rings. The van der Waals surface area contributed by atoms with E-state index in [1.807, 2.05) is 0 Å². The van der Waals surface area contributed by atoms with E-state index in [4.69, 9.17) is 0 Å². The summed E-state index contributed by atoms with van der Waals surface area (Å²) in [6.07, 6.45) is 0. The SMILES string of the molecule is CCNCC(NCc1ccccc1)c1ccccc1.Cl.Cl. The van der Waals surface area contributed by atoms with E-state index in [-0.39, 0.29) is 24.8 Å². The molecule has 0 spiro atoms. The molecule has 2 nitrogen and oxygen atoms in total. The van der Waals surface area contributed by atoms with Gasteiger partial charge in [-0.2, -0.15) is 0 Å². The first-order valence-corrected chi connectivity index (χ1v) is 6.93. The van der Waals surface area contributed by atoms with E-state index in [0.717, 1.165) is 19.6 Å². The standard InChI is InChI=1S/C17H22N2.2ClH/c1-2-18-14-17(16-11-7-4-8-12-16)19-13-15-9-5-3-6-10-15;;/h3-12,17-19H,2,13-14H2,1H3;2*1H. The molecule has 0 saturated heterocycles. The first-order chi connectivity index (χ1) is 9.40. The first-order valence-electron chi connectivity index (χ1n) is 6.93. The van der Waals surface area contributed by atoms with Crippen molar-refractivity contribution in [2.75, 3.05) is 13.1 Å². The Kier molecular flexibility index (Phi) is 11.0. The second kappa shape index (κ2) is 11.6. The summed E-state index contributed by atoms with van der Waals surface area (Å²) in [6, 6.07) is 21.5. The highest BCUT2D eigenvalue weighted by molar-refractivity contribution is 5.85. The van der Waals surface area contributed by atoms with E-state index in [2.05, 4.69) is 78.2 Å². The summed E-state index contributed by atoms with van der Waals surface area (Å²) in [5.41, 5.74) is 2.65. The predicted molar refractivity (Wildman–Crippen MR) is 95.5 cm³/mol. The van der Waals surface area contributed by atoms with Gasteiger partial charge in [0.05, 0.1) is 0 Å². The Morgan fingerprint density at radius 1 is 0.857 bits per heavy atom. The van der Waals surface area contributed by atoms with E-state index in [0.29, 0.717) is 6.04 Å². The smallest absolute Gasteiger partial charge is 0.0449 e. The Balaban J connectivity index is 0.00000200. The van der Waals surface area contributed by atoms with Gasteiger partial charge in [-0.25, -0.2) is 0 Å². The molecule has 1 atom stereocenters. The zero-order valence-corrected chi connectivity index (χ0v) is 13.9. The molecular weight excluding hydrogens is 303 g/mol. The van der Waals surface area contributed by atoms with Gasteiger partial charge in [-0.3, -0.25) is 0 Å². The Hall–Kier alpha value is -1.06. The maximum atomic E-state index is 3.62. The van der Waals surface area contributed by atoms with Gasteiger partial charge in [0.2, 0.25) is 0 Å². The largest absolute Gasteiger partial charge is 0.315 e. The Bertz CT molecular complexity index is 463. The van der Waals surface area contributed by atoms with Crippen molar-refractivity contribution in [2.45, 2.75) is 19.5 Å². The third-order valence-corrected chi connectivity index (χ3v) is 3.20. The fraction of sp³-hybridized carbons (Fsp3) is 0.294. The molecule has 21 heavy (non-hydrogen) atoms. The summed E-state index contributed by atoms with van der Waals surface area (Å²) >= 11 is 0. The van der Waals surface area contributed by atoms with Gasteiger partial charge in [0.25, 0.3) is 0 Å². The molecule has 4 heteroatoms. The third-order valence-electron chi connectivity index (χ3n) is 3.20. The lowest BCUT2D eigenvalue weighted by atomic mass is 10.1. The van der Waals surface area contributed by atoms with Gasteiger partial charge in [0.1, 0.15) is 0 Å². The number of benzene rings is 2. The molecule has 0 aliphatic carbocycles. The Morgan fingerprint density at radius 3 is 2.00 bits per heavy atom. The summed E-state index contributed by atoms with van der Waals surface area (Å²) < 4.78 is 0. The number of hydrogen-bond acceptors (Lipinski definition) is 2. The average molecular weight is 327 g/mol. The molecule has 1 unspecified atom stereocenters. The highest BCUT2D eigenvalue weighted by Gasteiger charge is 2.09. The maximum absolute atomic E-state index is 3.62. The highest BCUT2D eigenvalue weighted by Crippen LogP contribution is 2.12. The van der Waals surface area contributed by atoms with Crippen LogP contribution in [0.2, 0.25) is 0 Å². The van der Waals surface area contributed by atoms with Crippen LogP contribution in [0, 0.1) is 0 Å². The number of halogens is 2. The molecule has 0 saturated carbocycles. The van der Waals surface area contributed by atoms with Crippen LogP contribution in [0.15, 0.2) is 60.7 Å². The van der Waals surface area contributed by atoms with Crippen LogP contribution in [0.3, 0.4) is 0 Å². The zero-order chi connectivity index (χ0) is 13.3. The second-order valence-electron chi connectivity index (χ2n) is 4.64. The van der Waals surface area contributed by atoms with Crippen LogP contribution in [0.25, 0.3) is 0 Å². The van der Waals surface area contributed by atoms with E-state index in [1.54, 1.807) is 0 Å². The van der Waals surface area contributed by atoms with Gasteiger partial charge in [-0.05, 0) is 17.7 Å². The van der Waals surface area contributed by atoms with Crippen molar-refractivity contribution in [3.05, 3.63) is 71.8 Å². The van der Waals surface area contributed by atoms with Crippen LogP contribution >= 0.6 is 24.8 Å². The summed E-state index contributed by atoms with van der Waals surface area (Å²) in [7, 11) is 0. The fourth-order valence-corrected chi connectivity index (χ4v) is 2.12. The number of hydrogen-bond donors (Lipinski definition) is 2. The third kappa shape index (κ3) is 6.96. The van der Waals surface area contributed by atoms with Gasteiger partial charge in [0, 0.05) is 19.1 Å². The van der Waals surface area contributed by atoms with Gasteiger partial charge in [0.15, 0.2) is 0 Å². The molecular formula is C17H24Cl2N2. The monoisotopic (exact) mass is 326 g/mol. The number of nitrogens with one attached hydrogen (secondary N) is 2. The van der Waals surface area contributed by atoms with Crippen LogP contribution in [-0.4, -0.2) is 13.1 Å². The van der Waals surface area contributed by atoms with Crippen LogP contribution in [-0.2, 0) is 6.54 Å². The van der Waals surface area contributed by atoms with Crippen molar-refractivity contribution in [1.29, 1.82) is 0 Å². The van der Waals surface area contributed by atoms with Crippen molar-refractivity contribution in [2.24, 2.45) is 0 Å². The lowest BCUT2D eigenvalue weighted by Crippen LogP contribution is -2.31. The topological polar surface area (TPSA) is 24.1 Å². The molecule has 2 rings (SSSR count). The molecule has 116 valence electrons. The van der Waals surface area contributed by atoms with E-state index in [9.17, 15) is 0 Å². The highest BCUT2D eigenvalue weighted by atomic mass is 35.5. The van der Waals surface area contributed by atoms with E-state index >= 15 is 0 Å². The van der Waals surface area contributed by atoms with Gasteiger partial charge in [-0.1, -0.05) is 67.6 Å². The Morgan fingerprint density at radius 2 is 1.43 bits per heavy atom. The maximum Gasteiger partial charge on any atom is 0.0449 e. The molecule has 0 aliphatic rings. The second-order valence-corrected chi connectivity index (χ2v) is 4.64. The van der Waals surface area contributed by atoms with Crippen molar-refractivity contribution in [3.8, 4) is 0 Å². The van der Waals surface area contributed by atoms with Crippen molar-refractivity contribution < 1.29 is 0 Å². The molecule has 0 fully saturated rings.